The maximum absolute atomic E-state index is 14.1. The fraction of sp³-hybridized carbons (Fsp3) is 0.208. The van der Waals surface area contributed by atoms with Gasteiger partial charge in [-0.1, -0.05) is 0 Å². The van der Waals surface area contributed by atoms with Crippen LogP contribution < -0.4 is 16.0 Å². The molecule has 1 aliphatic heterocycles. The van der Waals surface area contributed by atoms with Crippen molar-refractivity contribution in [1.82, 2.24) is 25.3 Å². The first-order valence-corrected chi connectivity index (χ1v) is 10.8. The van der Waals surface area contributed by atoms with Crippen molar-refractivity contribution in [2.45, 2.75) is 18.6 Å². The number of hydrogen-bond donors (Lipinski definition) is 3. The summed E-state index contributed by atoms with van der Waals surface area (Å²) in [5.74, 6) is -0.0275. The van der Waals surface area contributed by atoms with Crippen LogP contribution in [0.2, 0.25) is 0 Å². The lowest BCUT2D eigenvalue weighted by Gasteiger charge is -2.27. The molecular formula is C24H21F2N7O. The Morgan fingerprint density at radius 1 is 1.00 bits per heavy atom. The SMILES string of the molecule is O=C(Nc1cc2nc(-c3cncc(N[C@H]4CCNC[C@@H]4F)n3)ccc2cn1)c1ccc(F)cc1. The third-order valence-corrected chi connectivity index (χ3v) is 5.56. The Hall–Kier alpha value is -4.05. The van der Waals surface area contributed by atoms with E-state index in [1.807, 2.05) is 6.07 Å². The number of fused-ring (bicyclic) bond motifs is 1. The molecule has 3 N–H and O–H groups in total. The summed E-state index contributed by atoms with van der Waals surface area (Å²) in [4.78, 5) is 30.1. The number of rotatable bonds is 5. The molecule has 4 aromatic rings. The molecule has 1 fully saturated rings. The summed E-state index contributed by atoms with van der Waals surface area (Å²) in [6.07, 6.45) is 4.41. The Balaban J connectivity index is 1.37. The smallest absolute Gasteiger partial charge is 0.256 e. The average molecular weight is 461 g/mol. The summed E-state index contributed by atoms with van der Waals surface area (Å²) in [6, 6.07) is 10.2. The van der Waals surface area contributed by atoms with Crippen molar-refractivity contribution in [3.63, 3.8) is 0 Å². The second-order valence-corrected chi connectivity index (χ2v) is 7.97. The van der Waals surface area contributed by atoms with Crippen molar-refractivity contribution in [1.29, 1.82) is 0 Å². The van der Waals surface area contributed by atoms with Crippen LogP contribution in [0.1, 0.15) is 16.8 Å². The van der Waals surface area contributed by atoms with Crippen LogP contribution in [0.25, 0.3) is 22.3 Å². The van der Waals surface area contributed by atoms with Crippen molar-refractivity contribution in [2.24, 2.45) is 0 Å². The number of carbonyl (C=O) groups is 1. The monoisotopic (exact) mass is 461 g/mol. The van der Waals surface area contributed by atoms with Crippen LogP contribution in [0.15, 0.2) is 61.1 Å². The number of anilines is 2. The predicted molar refractivity (Wildman–Crippen MR) is 125 cm³/mol. The number of piperidine rings is 1. The summed E-state index contributed by atoms with van der Waals surface area (Å²) in [7, 11) is 0. The van der Waals surface area contributed by atoms with Gasteiger partial charge in [0.2, 0.25) is 0 Å². The van der Waals surface area contributed by atoms with Crippen molar-refractivity contribution in [3.8, 4) is 11.4 Å². The first kappa shape index (κ1) is 21.8. The van der Waals surface area contributed by atoms with Crippen LogP contribution in [0.5, 0.6) is 0 Å². The molecule has 1 aromatic carbocycles. The average Bonchev–Trinajstić information content (AvgIpc) is 2.85. The number of hydrogen-bond acceptors (Lipinski definition) is 7. The van der Waals surface area contributed by atoms with Crippen LogP contribution in [-0.4, -0.2) is 51.1 Å². The van der Waals surface area contributed by atoms with Gasteiger partial charge in [0.15, 0.2) is 0 Å². The van der Waals surface area contributed by atoms with E-state index in [2.05, 4.69) is 35.9 Å². The number of nitrogens with one attached hydrogen (secondary N) is 3. The molecule has 4 heterocycles. The summed E-state index contributed by atoms with van der Waals surface area (Å²) in [5.41, 5.74) is 2.02. The zero-order valence-corrected chi connectivity index (χ0v) is 18.0. The maximum Gasteiger partial charge on any atom is 0.256 e. The lowest BCUT2D eigenvalue weighted by Crippen LogP contribution is -2.45. The number of carbonyl (C=O) groups excluding carboxylic acids is 1. The summed E-state index contributed by atoms with van der Waals surface area (Å²) in [6.45, 7) is 1.05. The van der Waals surface area contributed by atoms with Crippen LogP contribution in [0.3, 0.4) is 0 Å². The minimum Gasteiger partial charge on any atom is -0.363 e. The zero-order valence-electron chi connectivity index (χ0n) is 18.0. The number of pyridine rings is 2. The highest BCUT2D eigenvalue weighted by Gasteiger charge is 2.24. The van der Waals surface area contributed by atoms with Crippen molar-refractivity contribution < 1.29 is 13.6 Å². The van der Waals surface area contributed by atoms with Crippen LogP contribution in [0.4, 0.5) is 20.4 Å². The molecule has 1 saturated heterocycles. The van der Waals surface area contributed by atoms with Gasteiger partial charge in [-0.2, -0.15) is 0 Å². The summed E-state index contributed by atoms with van der Waals surface area (Å²) < 4.78 is 27.3. The first-order valence-electron chi connectivity index (χ1n) is 10.8. The molecule has 10 heteroatoms. The van der Waals surface area contributed by atoms with Gasteiger partial charge in [-0.25, -0.2) is 23.7 Å². The van der Waals surface area contributed by atoms with E-state index < -0.39 is 17.9 Å². The molecule has 0 saturated carbocycles. The largest absolute Gasteiger partial charge is 0.363 e. The van der Waals surface area contributed by atoms with Gasteiger partial charge >= 0.3 is 0 Å². The molecule has 1 aliphatic rings. The molecule has 0 unspecified atom stereocenters. The molecule has 8 nitrogen and oxygen atoms in total. The number of amides is 1. The van der Waals surface area contributed by atoms with Gasteiger partial charge in [-0.3, -0.25) is 9.78 Å². The molecular weight excluding hydrogens is 440 g/mol. The van der Waals surface area contributed by atoms with Crippen LogP contribution in [0, 0.1) is 5.82 Å². The molecule has 172 valence electrons. The summed E-state index contributed by atoms with van der Waals surface area (Å²) in [5, 5.41) is 9.63. The van der Waals surface area contributed by atoms with E-state index in [1.165, 1.54) is 24.3 Å². The van der Waals surface area contributed by atoms with E-state index >= 15 is 0 Å². The van der Waals surface area contributed by atoms with E-state index in [1.54, 1.807) is 30.7 Å². The molecule has 0 aliphatic carbocycles. The Labute approximate surface area is 193 Å². The zero-order chi connectivity index (χ0) is 23.5. The second kappa shape index (κ2) is 9.44. The van der Waals surface area contributed by atoms with Gasteiger partial charge in [-0.15, -0.1) is 0 Å². The third kappa shape index (κ3) is 4.81. The van der Waals surface area contributed by atoms with Crippen LogP contribution in [-0.2, 0) is 0 Å². The molecule has 0 spiro atoms. The molecule has 3 aromatic heterocycles. The highest BCUT2D eigenvalue weighted by Crippen LogP contribution is 2.22. The maximum atomic E-state index is 14.1. The fourth-order valence-corrected chi connectivity index (χ4v) is 3.75. The van der Waals surface area contributed by atoms with Gasteiger partial charge in [-0.05, 0) is 49.4 Å². The van der Waals surface area contributed by atoms with Crippen molar-refractivity contribution in [2.75, 3.05) is 23.7 Å². The quantitative estimate of drug-likeness (QED) is 0.417. The third-order valence-electron chi connectivity index (χ3n) is 5.56. The molecule has 34 heavy (non-hydrogen) atoms. The molecule has 0 bridgehead atoms. The van der Waals surface area contributed by atoms with Crippen molar-refractivity contribution >= 4 is 28.4 Å². The van der Waals surface area contributed by atoms with Gasteiger partial charge in [0.05, 0.1) is 29.6 Å². The summed E-state index contributed by atoms with van der Waals surface area (Å²) >= 11 is 0. The van der Waals surface area contributed by atoms with Crippen LogP contribution >= 0.6 is 0 Å². The Bertz CT molecular complexity index is 1330. The predicted octanol–water partition coefficient (Wildman–Crippen LogP) is 3.59. The second-order valence-electron chi connectivity index (χ2n) is 7.97. The van der Waals surface area contributed by atoms with Gasteiger partial charge in [0.25, 0.3) is 5.91 Å². The Morgan fingerprint density at radius 2 is 1.85 bits per heavy atom. The van der Waals surface area contributed by atoms with Gasteiger partial charge in [0.1, 0.15) is 29.3 Å². The normalized spacial score (nSPS) is 17.9. The lowest BCUT2D eigenvalue weighted by atomic mass is 10.1. The van der Waals surface area contributed by atoms with E-state index in [9.17, 15) is 13.6 Å². The van der Waals surface area contributed by atoms with Gasteiger partial charge in [0, 0.05) is 29.8 Å². The topological polar surface area (TPSA) is 105 Å². The number of alkyl halides is 1. The minimum atomic E-state index is -1.01. The highest BCUT2D eigenvalue weighted by molar-refractivity contribution is 6.04. The highest BCUT2D eigenvalue weighted by atomic mass is 19.1. The standard InChI is InChI=1S/C24H21F2N7O/c25-16-4-1-14(2-5-16)24(34)33-22-9-20-15(10-29-22)3-6-19(30-20)21-12-28-13-23(32-21)31-18-7-8-27-11-17(18)26/h1-6,9-10,12-13,17-18,27H,7-8,11H2,(H,31,32)(H,29,33,34)/t17-,18-/m0/s1. The number of halogens is 2. The number of aromatic nitrogens is 4. The number of nitrogens with zero attached hydrogens (tertiary/aromatic N) is 4. The Morgan fingerprint density at radius 3 is 2.68 bits per heavy atom. The molecule has 1 amide bonds. The molecule has 2 atom stereocenters. The lowest BCUT2D eigenvalue weighted by molar-refractivity contribution is 0.102. The van der Waals surface area contributed by atoms with E-state index in [0.717, 1.165) is 11.9 Å². The fourth-order valence-electron chi connectivity index (χ4n) is 3.75. The van der Waals surface area contributed by atoms with Crippen molar-refractivity contribution in [3.05, 3.63) is 72.4 Å². The minimum absolute atomic E-state index is 0.311. The first-order chi connectivity index (χ1) is 16.5. The van der Waals surface area contributed by atoms with E-state index in [0.29, 0.717) is 47.1 Å². The molecule has 0 radical (unpaired) electrons. The number of benzene rings is 1. The van der Waals surface area contributed by atoms with Gasteiger partial charge < -0.3 is 16.0 Å². The Kier molecular flexibility index (Phi) is 6.05. The molecule has 5 rings (SSSR count). The van der Waals surface area contributed by atoms with E-state index in [4.69, 9.17) is 0 Å². The van der Waals surface area contributed by atoms with E-state index in [-0.39, 0.29) is 6.04 Å².